The molecule has 4 N–H and O–H groups in total. The standard InChI is InChI=1S/4C19H9F8NO2/c4*1-28-9-4-8(20)5-10(6-9)30-12-3-2-11-14-13(12)15(21)17(22,23)7-16(14,29)19(26,27)18(11,24)25/h4*2-6,15,29H,7H2/t15?,16-;15-,16+;2*15-,16-/m0010/s1. The average molecular weight is 1740 g/mol. The van der Waals surface area contributed by atoms with Gasteiger partial charge in [0, 0.05) is 91.0 Å². The number of ether oxygens (including phenoxy) is 4. The quantitative estimate of drug-likeness (QED) is 0.0873. The first-order valence-electron chi connectivity index (χ1n) is 33.2. The summed E-state index contributed by atoms with van der Waals surface area (Å²) in [7, 11) is 0. The van der Waals surface area contributed by atoms with Crippen molar-refractivity contribution in [3.05, 3.63) is 257 Å². The molecule has 44 heteroatoms. The van der Waals surface area contributed by atoms with Gasteiger partial charge in [-0.25, -0.2) is 89.6 Å². The summed E-state index contributed by atoms with van der Waals surface area (Å²) in [6.45, 7) is 27.5. The summed E-state index contributed by atoms with van der Waals surface area (Å²) in [6, 6.07) is 13.6. The van der Waals surface area contributed by atoms with Crippen molar-refractivity contribution in [3.8, 4) is 46.0 Å². The molecule has 0 aliphatic heterocycles. The van der Waals surface area contributed by atoms with E-state index in [4.69, 9.17) is 45.2 Å². The molecule has 0 saturated heterocycles. The summed E-state index contributed by atoms with van der Waals surface area (Å²) in [5, 5.41) is 41.1. The molecular weight excluding hydrogens is 1700 g/mol. The molecule has 632 valence electrons. The van der Waals surface area contributed by atoms with Crippen molar-refractivity contribution >= 4 is 22.7 Å². The normalized spacial score (nSPS) is 27.3. The van der Waals surface area contributed by atoms with Gasteiger partial charge in [-0.2, -0.15) is 70.2 Å². The maximum atomic E-state index is 14.6. The molecule has 8 aromatic rings. The van der Waals surface area contributed by atoms with Crippen molar-refractivity contribution in [1.29, 1.82) is 0 Å². The second-order valence-corrected chi connectivity index (χ2v) is 28.3. The Balaban J connectivity index is 0.000000138. The average Bonchev–Trinajstić information content (AvgIpc) is 1.53. The lowest BCUT2D eigenvalue weighted by Gasteiger charge is -2.40. The first kappa shape index (κ1) is 86.4. The van der Waals surface area contributed by atoms with Crippen LogP contribution in [0.2, 0.25) is 0 Å². The van der Waals surface area contributed by atoms with E-state index in [1.54, 1.807) is 0 Å². The fourth-order valence-electron chi connectivity index (χ4n) is 15.5. The highest BCUT2D eigenvalue weighted by molar-refractivity contribution is 5.66. The van der Waals surface area contributed by atoms with Gasteiger partial charge >= 0.3 is 47.4 Å². The zero-order chi connectivity index (χ0) is 89.1. The Bertz CT molecular complexity index is 5140. The Kier molecular flexibility index (Phi) is 19.4. The number of rotatable bonds is 8. The van der Waals surface area contributed by atoms with E-state index in [0.717, 1.165) is 48.5 Å². The Morgan fingerprint density at radius 2 is 0.433 bits per heavy atom. The van der Waals surface area contributed by atoms with E-state index in [1.165, 1.54) is 0 Å². The summed E-state index contributed by atoms with van der Waals surface area (Å²) in [6.07, 6.45) is -22.5. The Labute approximate surface area is 647 Å². The SMILES string of the molecule is [C-]#[N+]c1cc(F)cc(Oc2ccc3c4c2C(F)C(F)(F)C[C@@]4(O)C(F)(F)C3(F)F)c1.[C-]#[N+]c1cc(F)cc(Oc2ccc3c4c2[C@@H](F)C(F)(F)C[C@]4(O)C(F)(F)C3(F)F)c1.[C-]#[N+]c1cc(F)cc(Oc2ccc3c4c2[C@H](F)C(F)(F)C[C@@]4(O)C(F)(F)C3(F)F)c1.[C-]#[N+]c1cc(F)cc(Oc2ccc3c4c2[C@H](F)C(F)(F)C[C@]4(O)C(F)(F)C3(F)F)c1. The minimum Gasteiger partial charge on any atom is -0.458 e. The van der Waals surface area contributed by atoms with Crippen LogP contribution in [-0.2, 0) is 46.1 Å². The highest BCUT2D eigenvalue weighted by atomic mass is 19.4. The molecule has 0 aromatic heterocycles. The van der Waals surface area contributed by atoms with Crippen LogP contribution in [0.15, 0.2) is 121 Å². The molecule has 0 radical (unpaired) electrons. The van der Waals surface area contributed by atoms with Crippen LogP contribution >= 0.6 is 0 Å². The van der Waals surface area contributed by atoms with Crippen LogP contribution in [0.4, 0.5) is 163 Å². The lowest BCUT2D eigenvalue weighted by Crippen LogP contribution is -2.54. The predicted molar refractivity (Wildman–Crippen MR) is 341 cm³/mol. The van der Waals surface area contributed by atoms with Crippen LogP contribution in [-0.4, -0.2) is 67.8 Å². The van der Waals surface area contributed by atoms with Crippen LogP contribution in [0.5, 0.6) is 46.0 Å². The summed E-state index contributed by atoms with van der Waals surface area (Å²) in [5.74, 6) is -69.6. The number of benzene rings is 8. The van der Waals surface area contributed by atoms with Gasteiger partial charge in [0.15, 0.2) is 69.8 Å². The number of aliphatic hydroxyl groups is 4. The summed E-state index contributed by atoms with van der Waals surface area (Å²) in [5.41, 5.74) is -34.4. The molecule has 0 heterocycles. The van der Waals surface area contributed by atoms with Crippen LogP contribution in [0.3, 0.4) is 0 Å². The lowest BCUT2D eigenvalue weighted by atomic mass is 9.75. The van der Waals surface area contributed by atoms with E-state index in [9.17, 15) is 161 Å². The van der Waals surface area contributed by atoms with Gasteiger partial charge in [-0.1, -0.05) is 0 Å². The largest absolute Gasteiger partial charge is 0.458 e. The van der Waals surface area contributed by atoms with Gasteiger partial charge in [0.2, 0.25) is 0 Å². The first-order chi connectivity index (χ1) is 55.0. The molecule has 0 spiro atoms. The fourth-order valence-corrected chi connectivity index (χ4v) is 15.5. The third-order valence-electron chi connectivity index (χ3n) is 20.8. The molecule has 120 heavy (non-hydrogen) atoms. The molecule has 12 nitrogen and oxygen atoms in total. The first-order valence-corrected chi connectivity index (χ1v) is 33.2. The van der Waals surface area contributed by atoms with Gasteiger partial charge in [0.1, 0.15) is 69.3 Å². The number of hydrogen-bond donors (Lipinski definition) is 4. The molecule has 8 aliphatic carbocycles. The van der Waals surface area contributed by atoms with E-state index in [0.29, 0.717) is 72.8 Å². The highest BCUT2D eigenvalue weighted by Gasteiger charge is 2.85. The molecule has 8 aliphatic rings. The zero-order valence-electron chi connectivity index (χ0n) is 58.0. The second kappa shape index (κ2) is 27.0. The van der Waals surface area contributed by atoms with Crippen LogP contribution in [0, 0.1) is 49.6 Å². The van der Waals surface area contributed by atoms with Crippen molar-refractivity contribution in [2.24, 2.45) is 0 Å². The van der Waals surface area contributed by atoms with Gasteiger partial charge in [0.25, 0.3) is 23.7 Å². The smallest absolute Gasteiger partial charge is 0.346 e. The molecule has 0 saturated carbocycles. The Hall–Kier alpha value is -11.5. The van der Waals surface area contributed by atoms with Crippen molar-refractivity contribution in [2.45, 2.75) is 144 Å². The second-order valence-electron chi connectivity index (χ2n) is 28.3. The summed E-state index contributed by atoms with van der Waals surface area (Å²) >= 11 is 0. The van der Waals surface area contributed by atoms with Crippen molar-refractivity contribution in [2.75, 3.05) is 0 Å². The van der Waals surface area contributed by atoms with E-state index in [1.807, 2.05) is 0 Å². The zero-order valence-corrected chi connectivity index (χ0v) is 58.0. The van der Waals surface area contributed by atoms with Crippen molar-refractivity contribution in [3.63, 3.8) is 0 Å². The predicted octanol–water partition coefficient (Wildman–Crippen LogP) is 24.6. The molecule has 0 amide bonds. The van der Waals surface area contributed by atoms with E-state index in [2.05, 4.69) is 19.4 Å². The van der Waals surface area contributed by atoms with Crippen LogP contribution in [0.25, 0.3) is 19.4 Å². The number of nitrogens with zero attached hydrogens (tertiary/aromatic N) is 4. The molecular formula is C76H36F32N4O8. The number of halogens is 32. The topological polar surface area (TPSA) is 135 Å². The van der Waals surface area contributed by atoms with Crippen molar-refractivity contribution in [1.82, 2.24) is 0 Å². The number of alkyl halides is 28. The maximum absolute atomic E-state index is 14.6. The molecule has 16 rings (SSSR count). The third kappa shape index (κ3) is 12.1. The fraction of sp³-hybridized carbons (Fsp3) is 0.316. The minimum absolute atomic E-state index is 0.281. The van der Waals surface area contributed by atoms with Gasteiger partial charge in [-0.15, -0.1) is 0 Å². The van der Waals surface area contributed by atoms with Gasteiger partial charge in [-0.3, -0.25) is 0 Å². The molecule has 8 atom stereocenters. The maximum Gasteiger partial charge on any atom is 0.346 e. The molecule has 0 fully saturated rings. The third-order valence-corrected chi connectivity index (χ3v) is 20.8. The van der Waals surface area contributed by atoms with E-state index < -0.39 is 280 Å². The summed E-state index contributed by atoms with van der Waals surface area (Å²) < 4.78 is 477. The number of hydrogen-bond acceptors (Lipinski definition) is 8. The molecule has 0 bridgehead atoms. The Morgan fingerprint density at radius 3 is 0.592 bits per heavy atom. The highest BCUT2D eigenvalue weighted by Crippen LogP contribution is 2.74. The van der Waals surface area contributed by atoms with Gasteiger partial charge in [0.05, 0.1) is 52.0 Å². The van der Waals surface area contributed by atoms with Crippen LogP contribution < -0.4 is 18.9 Å². The van der Waals surface area contributed by atoms with Gasteiger partial charge in [-0.05, 0) is 97.1 Å². The summed E-state index contributed by atoms with van der Waals surface area (Å²) in [4.78, 5) is 11.8. The van der Waals surface area contributed by atoms with E-state index in [-0.39, 0.29) is 22.7 Å². The Morgan fingerprint density at radius 1 is 0.267 bits per heavy atom. The minimum atomic E-state index is -5.35. The van der Waals surface area contributed by atoms with Crippen LogP contribution in [0.1, 0.15) is 117 Å². The monoisotopic (exact) mass is 1740 g/mol. The molecule has 8 aromatic carbocycles. The van der Waals surface area contributed by atoms with Gasteiger partial charge < -0.3 is 39.4 Å². The molecule has 1 unspecified atom stereocenters. The van der Waals surface area contributed by atoms with E-state index >= 15 is 0 Å². The van der Waals surface area contributed by atoms with Crippen molar-refractivity contribution < 1.29 is 180 Å². The lowest BCUT2D eigenvalue weighted by molar-refractivity contribution is -0.306.